The Bertz CT molecular complexity index is 1040. The van der Waals surface area contributed by atoms with Crippen LogP contribution in [0.25, 0.3) is 11.3 Å². The van der Waals surface area contributed by atoms with Gasteiger partial charge in [-0.3, -0.25) is 4.79 Å². The van der Waals surface area contributed by atoms with Crippen LogP contribution in [-0.2, 0) is 21.2 Å². The van der Waals surface area contributed by atoms with Crippen LogP contribution in [0.5, 0.6) is 0 Å². The third kappa shape index (κ3) is 4.68. The van der Waals surface area contributed by atoms with Gasteiger partial charge in [-0.05, 0) is 36.4 Å². The highest BCUT2D eigenvalue weighted by molar-refractivity contribution is 7.89. The zero-order valence-electron chi connectivity index (χ0n) is 15.8. The molecule has 1 aromatic heterocycles. The molecule has 3 aromatic rings. The summed E-state index contributed by atoms with van der Waals surface area (Å²) >= 11 is 0. The molecule has 0 bridgehead atoms. The molecule has 3 rings (SSSR count). The molecule has 0 unspecified atom stereocenters. The molecule has 2 aromatic carbocycles. The summed E-state index contributed by atoms with van der Waals surface area (Å²) in [5.74, 6) is 1.34. The van der Waals surface area contributed by atoms with Crippen molar-refractivity contribution in [3.05, 3.63) is 72.5 Å². The van der Waals surface area contributed by atoms with Gasteiger partial charge in [0.05, 0.1) is 4.90 Å². The summed E-state index contributed by atoms with van der Waals surface area (Å²) < 4.78 is 31.1. The Morgan fingerprint density at radius 3 is 2.29 bits per heavy atom. The highest BCUT2D eigenvalue weighted by atomic mass is 32.2. The Hall–Kier alpha value is -2.90. The number of carbonyl (C=O) groups excluding carboxylic acids is 1. The highest BCUT2D eigenvalue weighted by Gasteiger charge is 2.16. The largest absolute Gasteiger partial charge is 0.461 e. The fourth-order valence-corrected chi connectivity index (χ4v) is 3.55. The fourth-order valence-electron chi connectivity index (χ4n) is 2.65. The number of hydrogen-bond acceptors (Lipinski definition) is 4. The quantitative estimate of drug-likeness (QED) is 0.657. The molecule has 28 heavy (non-hydrogen) atoms. The maximum Gasteiger partial charge on any atom is 0.242 e. The first-order valence-electron chi connectivity index (χ1n) is 8.83. The zero-order valence-corrected chi connectivity index (χ0v) is 16.6. The minimum absolute atomic E-state index is 0.166. The van der Waals surface area contributed by atoms with Crippen LogP contribution in [0.15, 0.2) is 76.0 Å². The van der Waals surface area contributed by atoms with E-state index in [1.54, 1.807) is 12.1 Å². The Balaban J connectivity index is 1.56. The molecule has 0 saturated carbocycles. The minimum atomic E-state index is -3.48. The molecule has 0 aliphatic rings. The molecule has 7 heteroatoms. The van der Waals surface area contributed by atoms with Crippen LogP contribution in [0.1, 0.15) is 12.2 Å². The standard InChI is InChI=1S/C21H22N2O4S/c1-23(2)28(25,26)19-12-8-17(9-13-19)22-21(24)15-11-18-10-14-20(27-18)16-6-4-3-5-7-16/h3-10,12-14H,11,15H2,1-2H3,(H,22,24). The van der Waals surface area contributed by atoms with Crippen molar-refractivity contribution in [1.29, 1.82) is 0 Å². The monoisotopic (exact) mass is 398 g/mol. The van der Waals surface area contributed by atoms with Crippen molar-refractivity contribution in [3.63, 3.8) is 0 Å². The lowest BCUT2D eigenvalue weighted by molar-refractivity contribution is -0.116. The van der Waals surface area contributed by atoms with Gasteiger partial charge in [-0.25, -0.2) is 12.7 Å². The first-order valence-corrected chi connectivity index (χ1v) is 10.3. The second-order valence-corrected chi connectivity index (χ2v) is 8.64. The lowest BCUT2D eigenvalue weighted by Gasteiger charge is -2.12. The van der Waals surface area contributed by atoms with E-state index in [1.165, 1.54) is 26.2 Å². The summed E-state index contributed by atoms with van der Waals surface area (Å²) in [6, 6.07) is 19.6. The first-order chi connectivity index (χ1) is 13.4. The molecule has 0 saturated heterocycles. The molecule has 0 aliphatic heterocycles. The van der Waals surface area contributed by atoms with E-state index in [9.17, 15) is 13.2 Å². The van der Waals surface area contributed by atoms with Gasteiger partial charge < -0.3 is 9.73 Å². The average Bonchev–Trinajstić information content (AvgIpc) is 3.16. The number of sulfonamides is 1. The van der Waals surface area contributed by atoms with Crippen molar-refractivity contribution in [2.75, 3.05) is 19.4 Å². The number of nitrogens with zero attached hydrogens (tertiary/aromatic N) is 1. The maximum atomic E-state index is 12.2. The van der Waals surface area contributed by atoms with Crippen LogP contribution in [0.2, 0.25) is 0 Å². The van der Waals surface area contributed by atoms with Gasteiger partial charge in [0.25, 0.3) is 0 Å². The molecule has 0 spiro atoms. The van der Waals surface area contributed by atoms with Crippen LogP contribution in [0.4, 0.5) is 5.69 Å². The zero-order chi connectivity index (χ0) is 20.1. The van der Waals surface area contributed by atoms with Crippen LogP contribution < -0.4 is 5.32 Å². The molecular formula is C21H22N2O4S. The molecule has 6 nitrogen and oxygen atoms in total. The van der Waals surface area contributed by atoms with Crippen molar-refractivity contribution in [2.45, 2.75) is 17.7 Å². The van der Waals surface area contributed by atoms with E-state index in [2.05, 4.69) is 5.32 Å². The average molecular weight is 398 g/mol. The first kappa shape index (κ1) is 19.9. The summed E-state index contributed by atoms with van der Waals surface area (Å²) in [4.78, 5) is 12.4. The molecule has 146 valence electrons. The number of carbonyl (C=O) groups is 1. The molecule has 0 radical (unpaired) electrons. The second kappa shape index (κ2) is 8.41. The Labute approximate surface area is 164 Å². The predicted molar refractivity (Wildman–Crippen MR) is 108 cm³/mol. The second-order valence-electron chi connectivity index (χ2n) is 6.49. The Kier molecular flexibility index (Phi) is 5.96. The smallest absolute Gasteiger partial charge is 0.242 e. The summed E-state index contributed by atoms with van der Waals surface area (Å²) in [5, 5.41) is 2.77. The van der Waals surface area contributed by atoms with Gasteiger partial charge in [-0.2, -0.15) is 0 Å². The molecule has 0 aliphatic carbocycles. The summed E-state index contributed by atoms with van der Waals surface area (Å²) in [6.45, 7) is 0. The Morgan fingerprint density at radius 2 is 1.64 bits per heavy atom. The van der Waals surface area contributed by atoms with Crippen molar-refractivity contribution < 1.29 is 17.6 Å². The number of benzene rings is 2. The maximum absolute atomic E-state index is 12.2. The van der Waals surface area contributed by atoms with Gasteiger partial charge in [0.15, 0.2) is 0 Å². The van der Waals surface area contributed by atoms with Crippen LogP contribution in [0, 0.1) is 0 Å². The Morgan fingerprint density at radius 1 is 0.964 bits per heavy atom. The fraction of sp³-hybridized carbons (Fsp3) is 0.190. The normalized spacial score (nSPS) is 11.5. The van der Waals surface area contributed by atoms with Gasteiger partial charge in [-0.1, -0.05) is 30.3 Å². The van der Waals surface area contributed by atoms with Crippen molar-refractivity contribution in [1.82, 2.24) is 4.31 Å². The van der Waals surface area contributed by atoms with Gasteiger partial charge in [0, 0.05) is 38.2 Å². The van der Waals surface area contributed by atoms with E-state index in [0.29, 0.717) is 12.1 Å². The number of aryl methyl sites for hydroxylation is 1. The van der Waals surface area contributed by atoms with E-state index in [4.69, 9.17) is 4.42 Å². The summed E-state index contributed by atoms with van der Waals surface area (Å²) in [6.07, 6.45) is 0.741. The third-order valence-corrected chi connectivity index (χ3v) is 6.06. The summed E-state index contributed by atoms with van der Waals surface area (Å²) in [5.41, 5.74) is 1.54. The lowest BCUT2D eigenvalue weighted by Crippen LogP contribution is -2.22. The SMILES string of the molecule is CN(C)S(=O)(=O)c1ccc(NC(=O)CCc2ccc(-c3ccccc3)o2)cc1. The van der Waals surface area contributed by atoms with Gasteiger partial charge >= 0.3 is 0 Å². The molecule has 0 atom stereocenters. The van der Waals surface area contributed by atoms with E-state index in [-0.39, 0.29) is 17.2 Å². The van der Waals surface area contributed by atoms with Crippen molar-refractivity contribution in [2.24, 2.45) is 0 Å². The molecular weight excluding hydrogens is 376 g/mol. The predicted octanol–water partition coefficient (Wildman–Crippen LogP) is 3.77. The van der Waals surface area contributed by atoms with Crippen LogP contribution >= 0.6 is 0 Å². The minimum Gasteiger partial charge on any atom is -0.461 e. The molecule has 1 N–H and O–H groups in total. The number of hydrogen-bond donors (Lipinski definition) is 1. The van der Waals surface area contributed by atoms with E-state index in [0.717, 1.165) is 21.4 Å². The van der Waals surface area contributed by atoms with Crippen LogP contribution in [-0.4, -0.2) is 32.7 Å². The number of furan rings is 1. The van der Waals surface area contributed by atoms with Gasteiger partial charge in [0.2, 0.25) is 15.9 Å². The number of amides is 1. The molecule has 1 heterocycles. The highest BCUT2D eigenvalue weighted by Crippen LogP contribution is 2.22. The third-order valence-electron chi connectivity index (χ3n) is 4.24. The lowest BCUT2D eigenvalue weighted by atomic mass is 10.2. The van der Waals surface area contributed by atoms with Gasteiger partial charge in [0.1, 0.15) is 11.5 Å². The van der Waals surface area contributed by atoms with E-state index < -0.39 is 10.0 Å². The van der Waals surface area contributed by atoms with Gasteiger partial charge in [-0.15, -0.1) is 0 Å². The number of nitrogens with one attached hydrogen (secondary N) is 1. The number of anilines is 1. The van der Waals surface area contributed by atoms with Crippen LogP contribution in [0.3, 0.4) is 0 Å². The topological polar surface area (TPSA) is 79.6 Å². The molecule has 0 fully saturated rings. The molecule has 1 amide bonds. The number of rotatable bonds is 7. The summed E-state index contributed by atoms with van der Waals surface area (Å²) in [7, 11) is -0.531. The van der Waals surface area contributed by atoms with Crippen molar-refractivity contribution >= 4 is 21.6 Å². The van der Waals surface area contributed by atoms with E-state index >= 15 is 0 Å². The van der Waals surface area contributed by atoms with Crippen molar-refractivity contribution in [3.8, 4) is 11.3 Å². The van der Waals surface area contributed by atoms with E-state index in [1.807, 2.05) is 42.5 Å².